The lowest BCUT2D eigenvalue weighted by molar-refractivity contribution is 0.182. The highest BCUT2D eigenvalue weighted by Crippen LogP contribution is 2.38. The predicted octanol–water partition coefficient (Wildman–Crippen LogP) is 3.85. The Kier molecular flexibility index (Phi) is 6.44. The molecule has 146 valence electrons. The zero-order valence-electron chi connectivity index (χ0n) is 15.9. The van der Waals surface area contributed by atoms with Gasteiger partial charge in [-0.3, -0.25) is 0 Å². The van der Waals surface area contributed by atoms with Crippen molar-refractivity contribution in [3.05, 3.63) is 29.7 Å². The van der Waals surface area contributed by atoms with E-state index in [9.17, 15) is 0 Å². The number of hydrogen-bond donors (Lipinski definition) is 2. The van der Waals surface area contributed by atoms with Gasteiger partial charge in [0.1, 0.15) is 16.7 Å². The highest BCUT2D eigenvalue weighted by Gasteiger charge is 2.34. The van der Waals surface area contributed by atoms with Crippen LogP contribution in [0.2, 0.25) is 5.02 Å². The molecule has 0 spiro atoms. The van der Waals surface area contributed by atoms with Gasteiger partial charge < -0.3 is 16.4 Å². The molecule has 1 fully saturated rings. The summed E-state index contributed by atoms with van der Waals surface area (Å²) >= 11 is 7.63. The van der Waals surface area contributed by atoms with Crippen molar-refractivity contribution in [2.75, 3.05) is 30.3 Å². The number of rotatable bonds is 6. The lowest BCUT2D eigenvalue weighted by Gasteiger charge is -2.42. The predicted molar refractivity (Wildman–Crippen MR) is 112 cm³/mol. The Labute approximate surface area is 170 Å². The van der Waals surface area contributed by atoms with Crippen molar-refractivity contribution in [3.63, 3.8) is 0 Å². The van der Waals surface area contributed by atoms with E-state index in [1.807, 2.05) is 12.3 Å². The van der Waals surface area contributed by atoms with Gasteiger partial charge in [0.15, 0.2) is 0 Å². The van der Waals surface area contributed by atoms with E-state index in [2.05, 4.69) is 33.7 Å². The summed E-state index contributed by atoms with van der Waals surface area (Å²) < 4.78 is 0. The van der Waals surface area contributed by atoms with Gasteiger partial charge in [-0.05, 0) is 43.2 Å². The maximum atomic E-state index is 6.20. The summed E-state index contributed by atoms with van der Waals surface area (Å²) in [6.07, 6.45) is 8.65. The van der Waals surface area contributed by atoms with Crippen LogP contribution in [0.3, 0.4) is 0 Å². The number of piperidine rings is 1. The lowest BCUT2D eigenvalue weighted by Crippen LogP contribution is -2.45. The molecule has 0 saturated carbocycles. The highest BCUT2D eigenvalue weighted by molar-refractivity contribution is 7.99. The van der Waals surface area contributed by atoms with E-state index in [4.69, 9.17) is 23.1 Å². The zero-order valence-corrected chi connectivity index (χ0v) is 17.4. The molecule has 1 aliphatic heterocycles. The van der Waals surface area contributed by atoms with Crippen molar-refractivity contribution in [2.24, 2.45) is 17.1 Å². The van der Waals surface area contributed by atoms with Gasteiger partial charge in [-0.1, -0.05) is 37.2 Å². The molecule has 2 aromatic rings. The first-order chi connectivity index (χ1) is 12.9. The molecule has 0 atom stereocenters. The van der Waals surface area contributed by atoms with Crippen LogP contribution < -0.4 is 16.4 Å². The van der Waals surface area contributed by atoms with Crippen LogP contribution in [0.5, 0.6) is 0 Å². The van der Waals surface area contributed by atoms with Gasteiger partial charge in [0.05, 0.1) is 17.4 Å². The fourth-order valence-electron chi connectivity index (χ4n) is 3.73. The first-order valence-electron chi connectivity index (χ1n) is 9.27. The van der Waals surface area contributed by atoms with E-state index >= 15 is 0 Å². The van der Waals surface area contributed by atoms with E-state index in [1.165, 1.54) is 18.2 Å². The summed E-state index contributed by atoms with van der Waals surface area (Å²) in [5.74, 6) is 1.91. The van der Waals surface area contributed by atoms with Crippen molar-refractivity contribution in [3.8, 4) is 0 Å². The average Bonchev–Trinajstić information content (AvgIpc) is 2.66. The van der Waals surface area contributed by atoms with Gasteiger partial charge in [0, 0.05) is 24.2 Å². The van der Waals surface area contributed by atoms with Crippen LogP contribution in [-0.4, -0.2) is 34.6 Å². The summed E-state index contributed by atoms with van der Waals surface area (Å²) in [4.78, 5) is 16.2. The molecule has 2 aromatic heterocycles. The lowest BCUT2D eigenvalue weighted by atomic mass is 9.73. The Morgan fingerprint density at radius 3 is 2.56 bits per heavy atom. The summed E-state index contributed by atoms with van der Waals surface area (Å²) in [6.45, 7) is 7.24. The molecule has 0 amide bonds. The minimum Gasteiger partial charge on any atom is -0.382 e. The van der Waals surface area contributed by atoms with Gasteiger partial charge >= 0.3 is 0 Å². The fourth-order valence-corrected chi connectivity index (χ4v) is 4.71. The molecule has 27 heavy (non-hydrogen) atoms. The smallest absolute Gasteiger partial charge is 0.147 e. The Hall–Kier alpha value is -1.57. The minimum atomic E-state index is 0.270. The van der Waals surface area contributed by atoms with E-state index in [-0.39, 0.29) is 5.41 Å². The molecule has 0 aromatic carbocycles. The van der Waals surface area contributed by atoms with Crippen molar-refractivity contribution < 1.29 is 0 Å². The fraction of sp³-hybridized carbons (Fsp3) is 0.526. The quantitative estimate of drug-likeness (QED) is 0.752. The molecule has 3 heterocycles. The summed E-state index contributed by atoms with van der Waals surface area (Å²) in [5.41, 5.74) is 12.1. The zero-order chi connectivity index (χ0) is 19.4. The maximum Gasteiger partial charge on any atom is 0.147 e. The number of pyridine rings is 1. The third-order valence-corrected chi connectivity index (χ3v) is 6.62. The molecule has 0 unspecified atom stereocenters. The molecule has 6 nitrogen and oxygen atoms in total. The van der Waals surface area contributed by atoms with E-state index < -0.39 is 0 Å². The SMILES string of the molecule is CC(C)CC1(CN)CCN(c2cnc(Sc3ccnc(N)c3Cl)cn2)CC1. The first kappa shape index (κ1) is 20.2. The number of nitrogens with two attached hydrogens (primary N) is 2. The van der Waals surface area contributed by atoms with Gasteiger partial charge in [0.2, 0.25) is 0 Å². The van der Waals surface area contributed by atoms with Crippen LogP contribution in [0.25, 0.3) is 0 Å². The molecule has 3 rings (SSSR count). The molecular weight excluding hydrogens is 380 g/mol. The van der Waals surface area contributed by atoms with Crippen LogP contribution in [0.1, 0.15) is 33.1 Å². The van der Waals surface area contributed by atoms with Crippen molar-refractivity contribution in [1.82, 2.24) is 15.0 Å². The first-order valence-corrected chi connectivity index (χ1v) is 10.5. The maximum absolute atomic E-state index is 6.20. The number of nitrogens with zero attached hydrogens (tertiary/aromatic N) is 4. The Morgan fingerprint density at radius 2 is 1.96 bits per heavy atom. The molecule has 1 aliphatic rings. The third kappa shape index (κ3) is 4.83. The van der Waals surface area contributed by atoms with E-state index in [0.29, 0.717) is 16.8 Å². The van der Waals surface area contributed by atoms with Crippen LogP contribution in [0, 0.1) is 11.3 Å². The molecular formula is C19H27ClN6S. The van der Waals surface area contributed by atoms with Crippen LogP contribution in [0.4, 0.5) is 11.6 Å². The number of anilines is 2. The van der Waals surface area contributed by atoms with Gasteiger partial charge in [-0.2, -0.15) is 0 Å². The largest absolute Gasteiger partial charge is 0.382 e. The minimum absolute atomic E-state index is 0.270. The molecule has 0 bridgehead atoms. The molecule has 0 aliphatic carbocycles. The average molecular weight is 407 g/mol. The van der Waals surface area contributed by atoms with Crippen molar-refractivity contribution in [2.45, 2.75) is 43.0 Å². The standard InChI is InChI=1S/C19H27ClN6S/c1-13(2)9-19(12-21)4-7-26(8-5-19)15-10-25-16(11-24-15)27-14-3-6-23-18(22)17(14)20/h3,6,10-11,13H,4-5,7-9,12,21H2,1-2H3,(H2,22,23). The second-order valence-corrected chi connectivity index (χ2v) is 9.05. The number of aromatic nitrogens is 3. The number of nitrogen functional groups attached to an aromatic ring is 1. The second kappa shape index (κ2) is 8.63. The highest BCUT2D eigenvalue weighted by atomic mass is 35.5. The topological polar surface area (TPSA) is 94.0 Å². The van der Waals surface area contributed by atoms with E-state index in [1.54, 1.807) is 12.4 Å². The van der Waals surface area contributed by atoms with Crippen LogP contribution >= 0.6 is 23.4 Å². The Balaban J connectivity index is 1.64. The van der Waals surface area contributed by atoms with Gasteiger partial charge in [-0.25, -0.2) is 15.0 Å². The van der Waals surface area contributed by atoms with Crippen LogP contribution in [-0.2, 0) is 0 Å². The van der Waals surface area contributed by atoms with Crippen molar-refractivity contribution >= 4 is 35.0 Å². The Morgan fingerprint density at radius 1 is 1.22 bits per heavy atom. The number of hydrogen-bond acceptors (Lipinski definition) is 7. The number of halogens is 1. The van der Waals surface area contributed by atoms with E-state index in [0.717, 1.165) is 48.2 Å². The summed E-state index contributed by atoms with van der Waals surface area (Å²) in [5, 5.41) is 1.23. The normalized spacial score (nSPS) is 16.7. The van der Waals surface area contributed by atoms with Crippen LogP contribution in [0.15, 0.2) is 34.6 Å². The van der Waals surface area contributed by atoms with Crippen molar-refractivity contribution in [1.29, 1.82) is 0 Å². The molecule has 8 heteroatoms. The monoisotopic (exact) mass is 406 g/mol. The molecule has 1 saturated heterocycles. The summed E-state index contributed by atoms with van der Waals surface area (Å²) in [7, 11) is 0. The molecule has 4 N–H and O–H groups in total. The summed E-state index contributed by atoms with van der Waals surface area (Å²) in [6, 6.07) is 1.82. The Bertz CT molecular complexity index is 759. The van der Waals surface area contributed by atoms with Gasteiger partial charge in [-0.15, -0.1) is 0 Å². The third-order valence-electron chi connectivity index (χ3n) is 5.13. The molecule has 0 radical (unpaired) electrons. The van der Waals surface area contributed by atoms with Gasteiger partial charge in [0.25, 0.3) is 0 Å². The second-order valence-electron chi connectivity index (χ2n) is 7.61.